The van der Waals surface area contributed by atoms with Crippen molar-refractivity contribution in [2.45, 2.75) is 52.0 Å². The van der Waals surface area contributed by atoms with Gasteiger partial charge in [-0.25, -0.2) is 0 Å². The number of alkyl halides is 3. The third kappa shape index (κ3) is 4.29. The third-order valence-electron chi connectivity index (χ3n) is 3.99. The molecule has 0 radical (unpaired) electrons. The van der Waals surface area contributed by atoms with E-state index in [0.29, 0.717) is 11.3 Å². The molecule has 124 valence electrons. The summed E-state index contributed by atoms with van der Waals surface area (Å²) in [6.45, 7) is 12.1. The smallest absolute Gasteiger partial charge is 0.417 e. The minimum absolute atomic E-state index is 0.0411. The zero-order valence-electron chi connectivity index (χ0n) is 13.7. The fraction of sp³-hybridized carbons (Fsp3) is 0.500. The van der Waals surface area contributed by atoms with Gasteiger partial charge < -0.3 is 4.43 Å². The Balaban J connectivity index is 3.24. The molecule has 0 saturated heterocycles. The summed E-state index contributed by atoms with van der Waals surface area (Å²) in [7, 11) is -2.13. The topological polar surface area (TPSA) is 9.23 Å². The van der Waals surface area contributed by atoms with Gasteiger partial charge in [0.05, 0.1) is 10.6 Å². The van der Waals surface area contributed by atoms with E-state index in [9.17, 15) is 13.2 Å². The first-order valence-corrected chi connectivity index (χ1v) is 10.3. The van der Waals surface area contributed by atoms with Gasteiger partial charge in [0.15, 0.2) is 0 Å². The van der Waals surface area contributed by atoms with Gasteiger partial charge in [-0.05, 0) is 49.3 Å². The summed E-state index contributed by atoms with van der Waals surface area (Å²) in [5.41, 5.74) is -0.450. The van der Waals surface area contributed by atoms with Crippen molar-refractivity contribution in [2.24, 2.45) is 0 Å². The van der Waals surface area contributed by atoms with E-state index in [1.54, 1.807) is 19.1 Å². The van der Waals surface area contributed by atoms with Crippen LogP contribution < -0.4 is 0 Å². The van der Waals surface area contributed by atoms with Crippen LogP contribution in [0, 0.1) is 0 Å². The first-order valence-electron chi connectivity index (χ1n) is 7.02. The highest BCUT2D eigenvalue weighted by Crippen LogP contribution is 2.41. The Kier molecular flexibility index (Phi) is 5.45. The summed E-state index contributed by atoms with van der Waals surface area (Å²) in [6, 6.07) is 3.86. The van der Waals surface area contributed by atoms with Crippen molar-refractivity contribution in [1.29, 1.82) is 0 Å². The molecule has 6 heteroatoms. The van der Waals surface area contributed by atoms with Crippen molar-refractivity contribution >= 4 is 25.7 Å². The molecule has 0 unspecified atom stereocenters. The molecule has 0 heterocycles. The Labute approximate surface area is 136 Å². The molecule has 1 aromatic carbocycles. The standard InChI is InChI=1S/C16H22ClF3OSi/c1-7-14(21-22(5,6)15(2,3)4)11-8-9-13(17)12(10-11)16(18,19)20/h7-10H,1-6H3. The summed E-state index contributed by atoms with van der Waals surface area (Å²) < 4.78 is 45.1. The van der Waals surface area contributed by atoms with Gasteiger partial charge in [-0.1, -0.05) is 32.4 Å². The molecule has 0 atom stereocenters. The lowest BCUT2D eigenvalue weighted by Crippen LogP contribution is -2.40. The first-order chi connectivity index (χ1) is 9.79. The normalized spacial score (nSPS) is 14.2. The van der Waals surface area contributed by atoms with E-state index in [2.05, 4.69) is 33.9 Å². The summed E-state index contributed by atoms with van der Waals surface area (Å²) in [5.74, 6) is 0.466. The number of allylic oxidation sites excluding steroid dienone is 1. The average molecular weight is 351 g/mol. The van der Waals surface area contributed by atoms with Crippen LogP contribution in [-0.4, -0.2) is 8.32 Å². The molecular formula is C16H22ClF3OSi. The Morgan fingerprint density at radius 2 is 1.73 bits per heavy atom. The molecule has 0 amide bonds. The van der Waals surface area contributed by atoms with Crippen LogP contribution in [0.15, 0.2) is 24.3 Å². The zero-order chi connectivity index (χ0) is 17.3. The highest BCUT2D eigenvalue weighted by molar-refractivity contribution is 6.74. The van der Waals surface area contributed by atoms with E-state index in [1.807, 2.05) is 0 Å². The van der Waals surface area contributed by atoms with E-state index in [4.69, 9.17) is 16.0 Å². The van der Waals surface area contributed by atoms with Crippen LogP contribution >= 0.6 is 11.6 Å². The fourth-order valence-electron chi connectivity index (χ4n) is 1.61. The van der Waals surface area contributed by atoms with Crippen LogP contribution in [0.3, 0.4) is 0 Å². The van der Waals surface area contributed by atoms with Crippen molar-refractivity contribution in [2.75, 3.05) is 0 Å². The maximum atomic E-state index is 13.0. The minimum atomic E-state index is -4.48. The largest absolute Gasteiger partial charge is 0.543 e. The van der Waals surface area contributed by atoms with Gasteiger partial charge in [0, 0.05) is 5.56 Å². The van der Waals surface area contributed by atoms with Crippen molar-refractivity contribution < 1.29 is 17.6 Å². The van der Waals surface area contributed by atoms with Crippen LogP contribution in [0.2, 0.25) is 23.2 Å². The number of hydrogen-bond acceptors (Lipinski definition) is 1. The Morgan fingerprint density at radius 1 is 1.18 bits per heavy atom. The Hall–Kier alpha value is -0.943. The second-order valence-corrected chi connectivity index (χ2v) is 11.8. The highest BCUT2D eigenvalue weighted by Gasteiger charge is 2.40. The lowest BCUT2D eigenvalue weighted by atomic mass is 10.1. The quantitative estimate of drug-likeness (QED) is 0.433. The van der Waals surface area contributed by atoms with E-state index in [-0.39, 0.29) is 10.1 Å². The molecular weight excluding hydrogens is 329 g/mol. The van der Waals surface area contributed by atoms with E-state index in [0.717, 1.165) is 6.07 Å². The van der Waals surface area contributed by atoms with Crippen molar-refractivity contribution in [1.82, 2.24) is 0 Å². The van der Waals surface area contributed by atoms with E-state index in [1.165, 1.54) is 6.07 Å². The van der Waals surface area contributed by atoms with Gasteiger partial charge >= 0.3 is 6.18 Å². The predicted molar refractivity (Wildman–Crippen MR) is 88.4 cm³/mol. The lowest BCUT2D eigenvalue weighted by molar-refractivity contribution is -0.137. The molecule has 0 spiro atoms. The van der Waals surface area contributed by atoms with Crippen molar-refractivity contribution in [3.8, 4) is 0 Å². The van der Waals surface area contributed by atoms with Gasteiger partial charge in [0.2, 0.25) is 8.32 Å². The van der Waals surface area contributed by atoms with Crippen LogP contribution in [-0.2, 0) is 10.6 Å². The summed E-state index contributed by atoms with van der Waals surface area (Å²) in [4.78, 5) is 0. The first kappa shape index (κ1) is 19.1. The minimum Gasteiger partial charge on any atom is -0.543 e. The van der Waals surface area contributed by atoms with Gasteiger partial charge in [0.25, 0.3) is 0 Å². The molecule has 0 saturated carbocycles. The number of benzene rings is 1. The van der Waals surface area contributed by atoms with Gasteiger partial charge in [-0.15, -0.1) is 0 Å². The monoisotopic (exact) mass is 350 g/mol. The van der Waals surface area contributed by atoms with Gasteiger partial charge in [-0.3, -0.25) is 0 Å². The van der Waals surface area contributed by atoms with Crippen molar-refractivity contribution in [3.05, 3.63) is 40.4 Å². The lowest BCUT2D eigenvalue weighted by Gasteiger charge is -2.37. The molecule has 0 aromatic heterocycles. The molecule has 1 nitrogen and oxygen atoms in total. The molecule has 1 rings (SSSR count). The number of halogens is 4. The summed E-state index contributed by atoms with van der Waals surface area (Å²) in [6.07, 6.45) is -2.78. The van der Waals surface area contributed by atoms with Crippen LogP contribution in [0.25, 0.3) is 5.76 Å². The molecule has 0 N–H and O–H groups in total. The number of rotatable bonds is 3. The van der Waals surface area contributed by atoms with Gasteiger partial charge in [0.1, 0.15) is 5.76 Å². The highest BCUT2D eigenvalue weighted by atomic mass is 35.5. The van der Waals surface area contributed by atoms with E-state index < -0.39 is 20.1 Å². The molecule has 0 fully saturated rings. The molecule has 0 aliphatic heterocycles. The van der Waals surface area contributed by atoms with Crippen LogP contribution in [0.5, 0.6) is 0 Å². The zero-order valence-corrected chi connectivity index (χ0v) is 15.5. The molecule has 0 bridgehead atoms. The SMILES string of the molecule is CC=C(O[Si](C)(C)C(C)(C)C)c1ccc(Cl)c(C(F)(F)F)c1. The van der Waals surface area contributed by atoms with Crippen LogP contribution in [0.1, 0.15) is 38.8 Å². The Bertz CT molecular complexity index is 572. The van der Waals surface area contributed by atoms with Crippen molar-refractivity contribution in [3.63, 3.8) is 0 Å². The maximum absolute atomic E-state index is 13.0. The molecule has 0 aliphatic carbocycles. The Morgan fingerprint density at radius 3 is 2.14 bits per heavy atom. The molecule has 22 heavy (non-hydrogen) atoms. The summed E-state index contributed by atoms with van der Waals surface area (Å²) >= 11 is 5.66. The average Bonchev–Trinajstić information content (AvgIpc) is 2.34. The van der Waals surface area contributed by atoms with Crippen LogP contribution in [0.4, 0.5) is 13.2 Å². The molecule has 0 aliphatic rings. The number of hydrogen-bond donors (Lipinski definition) is 0. The predicted octanol–water partition coefficient (Wildman–Crippen LogP) is 6.74. The van der Waals surface area contributed by atoms with E-state index >= 15 is 0 Å². The molecule has 1 aromatic rings. The maximum Gasteiger partial charge on any atom is 0.417 e. The van der Waals surface area contributed by atoms with Gasteiger partial charge in [-0.2, -0.15) is 13.2 Å². The third-order valence-corrected chi connectivity index (χ3v) is 8.66. The second kappa shape index (κ2) is 6.28. The fourth-order valence-corrected chi connectivity index (χ4v) is 2.92. The second-order valence-electron chi connectivity index (χ2n) is 6.71. The summed E-state index contributed by atoms with van der Waals surface area (Å²) in [5, 5.41) is -0.348.